The number of carboxylic acids is 1. The molecule has 58 heavy (non-hydrogen) atoms. The maximum atomic E-state index is 13.0. The first-order valence-corrected chi connectivity index (χ1v) is 22.6. The van der Waals surface area contributed by atoms with Crippen LogP contribution in [0.1, 0.15) is 105 Å². The summed E-state index contributed by atoms with van der Waals surface area (Å²) in [5, 5.41) is 38.3. The Morgan fingerprint density at radius 2 is 1.71 bits per heavy atom. The van der Waals surface area contributed by atoms with E-state index < -0.39 is 5.97 Å². The zero-order chi connectivity index (χ0) is 40.5. The predicted molar refractivity (Wildman–Crippen MR) is 237 cm³/mol. The van der Waals surface area contributed by atoms with Gasteiger partial charge in [0.1, 0.15) is 5.82 Å². The van der Waals surface area contributed by atoms with Crippen molar-refractivity contribution in [2.75, 3.05) is 36.5 Å². The first kappa shape index (κ1) is 39.7. The summed E-state index contributed by atoms with van der Waals surface area (Å²) in [6.45, 7) is 13.0. The minimum Gasteiger partial charge on any atom is -0.476 e. The van der Waals surface area contributed by atoms with Gasteiger partial charge in [0.15, 0.2) is 22.5 Å². The van der Waals surface area contributed by atoms with E-state index in [-0.39, 0.29) is 17.7 Å². The average molecular weight is 916 g/mol. The van der Waals surface area contributed by atoms with Gasteiger partial charge in [-0.1, -0.05) is 37.3 Å². The van der Waals surface area contributed by atoms with Crippen LogP contribution in [0.5, 0.6) is 0 Å². The summed E-state index contributed by atoms with van der Waals surface area (Å²) in [5.41, 5.74) is 6.58. The third kappa shape index (κ3) is 7.40. The molecule has 0 spiro atoms. The van der Waals surface area contributed by atoms with Crippen LogP contribution in [0.3, 0.4) is 0 Å². The lowest BCUT2D eigenvalue weighted by Gasteiger charge is -2.70. The van der Waals surface area contributed by atoms with E-state index in [9.17, 15) is 15.0 Å². The molecule has 4 aliphatic carbocycles. The second kappa shape index (κ2) is 15.1. The van der Waals surface area contributed by atoms with Crippen molar-refractivity contribution in [3.05, 3.63) is 65.1 Å². The molecule has 5 aliphatic rings. The molecule has 14 heteroatoms. The maximum absolute atomic E-state index is 13.0. The lowest BCUT2D eigenvalue weighted by atomic mass is 9.35. The van der Waals surface area contributed by atoms with E-state index in [0.717, 1.165) is 76.6 Å². The second-order valence-corrected chi connectivity index (χ2v) is 21.2. The van der Waals surface area contributed by atoms with Crippen molar-refractivity contribution in [3.8, 4) is 11.1 Å². The van der Waals surface area contributed by atoms with Gasteiger partial charge in [-0.25, -0.2) is 17.9 Å². The Bertz CT molecular complexity index is 2330. The molecule has 0 radical (unpaired) electrons. The number of aliphatic hydroxyl groups excluding tert-OH is 1. The summed E-state index contributed by atoms with van der Waals surface area (Å²) < 4.78 is 5.62. The molecular formula is C44H54IN9O3S. The Morgan fingerprint density at radius 3 is 2.47 bits per heavy atom. The number of halogens is 1. The number of hydrogen-bond donors (Lipinski definition) is 3. The van der Waals surface area contributed by atoms with Gasteiger partial charge in [-0.3, -0.25) is 4.68 Å². The topological polar surface area (TPSA) is 145 Å². The molecule has 5 aromatic rings. The standard InChI is InChI=1S/C44H54IN9O3S/c1-28-30-10-7-18-53(38(30)51-50-37(28)49-40-47-33-11-5-6-12-34(33)58-40)35-14-13-31(36(48-35)39(56)57)32-20-46-54(29(32)2)27-44-24-41(3)21-42(4,25-44)23-43(22-41,26-44)15-8-16-52(45)17-9-19-55/h5-6,11-14,20,55H,7-10,15-19,21-27H2,1-4H3,(H,56,57)(H,47,49,50)/t41-,42+,43-,44-. The highest BCUT2D eigenvalue weighted by Gasteiger charge is 2.65. The fourth-order valence-corrected chi connectivity index (χ4v) is 14.3. The van der Waals surface area contributed by atoms with E-state index in [0.29, 0.717) is 45.8 Å². The van der Waals surface area contributed by atoms with Crippen LogP contribution in [-0.2, 0) is 13.0 Å². The highest BCUT2D eigenvalue weighted by atomic mass is 127. The molecule has 3 N–H and O–H groups in total. The first-order valence-electron chi connectivity index (χ1n) is 20.8. The number of carboxylic acid groups (broad SMARTS) is 1. The lowest BCUT2D eigenvalue weighted by Crippen LogP contribution is -2.60. The summed E-state index contributed by atoms with van der Waals surface area (Å²) >= 11 is 4.01. The van der Waals surface area contributed by atoms with E-state index in [1.165, 1.54) is 51.4 Å². The number of hydrogen-bond acceptors (Lipinski definition) is 11. The van der Waals surface area contributed by atoms with Crippen molar-refractivity contribution in [3.63, 3.8) is 0 Å². The fourth-order valence-electron chi connectivity index (χ4n) is 12.7. The molecule has 4 aromatic heterocycles. The molecule has 0 unspecified atom stereocenters. The highest BCUT2D eigenvalue weighted by molar-refractivity contribution is 14.1. The highest BCUT2D eigenvalue weighted by Crippen LogP contribution is 2.75. The minimum absolute atomic E-state index is 0.0168. The van der Waals surface area contributed by atoms with Gasteiger partial charge >= 0.3 is 5.97 Å². The molecule has 12 nitrogen and oxygen atoms in total. The Hall–Kier alpha value is -3.73. The number of benzene rings is 1. The summed E-state index contributed by atoms with van der Waals surface area (Å²) in [6, 6.07) is 11.9. The van der Waals surface area contributed by atoms with Crippen molar-refractivity contribution in [2.24, 2.45) is 21.7 Å². The number of thiazole rings is 1. The average Bonchev–Trinajstić information content (AvgIpc) is 3.74. The van der Waals surface area contributed by atoms with Crippen molar-refractivity contribution >= 4 is 73.0 Å². The number of carbonyl (C=O) groups is 1. The number of aliphatic hydroxyl groups is 1. The van der Waals surface area contributed by atoms with E-state index >= 15 is 0 Å². The van der Waals surface area contributed by atoms with Gasteiger partial charge < -0.3 is 20.4 Å². The number of fused-ring (bicyclic) bond motifs is 2. The Labute approximate surface area is 358 Å². The number of aromatic nitrogens is 6. The molecule has 4 bridgehead atoms. The van der Waals surface area contributed by atoms with Gasteiger partial charge in [-0.05, 0) is 130 Å². The summed E-state index contributed by atoms with van der Waals surface area (Å²) in [4.78, 5) is 24.5. The van der Waals surface area contributed by atoms with Crippen molar-refractivity contribution in [1.82, 2.24) is 33.1 Å². The molecule has 5 heterocycles. The molecule has 1 aliphatic heterocycles. The maximum Gasteiger partial charge on any atom is 0.355 e. The van der Waals surface area contributed by atoms with Crippen LogP contribution in [-0.4, -0.2) is 75.5 Å². The van der Waals surface area contributed by atoms with E-state index in [1.807, 2.05) is 41.4 Å². The normalized spacial score (nSPS) is 26.2. The smallest absolute Gasteiger partial charge is 0.355 e. The van der Waals surface area contributed by atoms with Crippen LogP contribution in [0.4, 0.5) is 22.6 Å². The molecule has 4 fully saturated rings. The van der Waals surface area contributed by atoms with Crippen LogP contribution in [0.25, 0.3) is 21.3 Å². The summed E-state index contributed by atoms with van der Waals surface area (Å²) in [6.07, 6.45) is 14.4. The zero-order valence-corrected chi connectivity index (χ0v) is 37.0. The number of nitrogens with one attached hydrogen (secondary N) is 1. The van der Waals surface area contributed by atoms with Gasteiger partial charge in [-0.15, -0.1) is 10.2 Å². The van der Waals surface area contributed by atoms with Crippen LogP contribution >= 0.6 is 34.2 Å². The molecule has 306 valence electrons. The monoisotopic (exact) mass is 915 g/mol. The number of pyridine rings is 1. The predicted octanol–water partition coefficient (Wildman–Crippen LogP) is 9.67. The molecule has 10 rings (SSSR count). The summed E-state index contributed by atoms with van der Waals surface area (Å²) in [7, 11) is 0. The zero-order valence-electron chi connectivity index (χ0n) is 34.0. The number of aromatic carboxylic acids is 1. The number of para-hydroxylation sites is 1. The Kier molecular flexibility index (Phi) is 10.3. The van der Waals surface area contributed by atoms with Crippen LogP contribution in [0, 0.1) is 35.5 Å². The SMILES string of the molecule is Cc1c(Nc2nc3ccccc3s2)nnc2c1CCCN2c1ccc(-c2cnn(C[C@]34C[C@@]5(C)C[C@](C)(C[C@](CCCN(I)CCCO)(C5)C3)C4)c2C)c(C(=O)O)n1. The molecule has 4 saturated carbocycles. The third-order valence-electron chi connectivity index (χ3n) is 13.6. The molecule has 1 aromatic carbocycles. The van der Waals surface area contributed by atoms with Crippen molar-refractivity contribution in [1.29, 1.82) is 0 Å². The molecular weight excluding hydrogens is 862 g/mol. The van der Waals surface area contributed by atoms with Crippen LogP contribution in [0.15, 0.2) is 42.6 Å². The Morgan fingerprint density at radius 1 is 0.948 bits per heavy atom. The number of anilines is 4. The van der Waals surface area contributed by atoms with Crippen LogP contribution in [0.2, 0.25) is 0 Å². The van der Waals surface area contributed by atoms with Gasteiger partial charge in [0.25, 0.3) is 0 Å². The molecule has 4 atom stereocenters. The molecule has 0 amide bonds. The lowest BCUT2D eigenvalue weighted by molar-refractivity contribution is -0.198. The number of rotatable bonds is 14. The van der Waals surface area contributed by atoms with Crippen LogP contribution < -0.4 is 10.2 Å². The minimum atomic E-state index is -1.07. The van der Waals surface area contributed by atoms with Crippen molar-refractivity contribution in [2.45, 2.75) is 105 Å². The van der Waals surface area contributed by atoms with Gasteiger partial charge in [0, 0.05) is 83.6 Å². The quantitative estimate of drug-likeness (QED) is 0.0724. The third-order valence-corrected chi connectivity index (χ3v) is 15.5. The van der Waals surface area contributed by atoms with E-state index in [4.69, 9.17) is 15.1 Å². The van der Waals surface area contributed by atoms with Gasteiger partial charge in [0.2, 0.25) is 0 Å². The Balaban J connectivity index is 0.959. The molecule has 0 saturated heterocycles. The largest absolute Gasteiger partial charge is 0.476 e. The first-order chi connectivity index (χ1) is 27.8. The number of nitrogens with zero attached hydrogens (tertiary/aromatic N) is 8. The summed E-state index contributed by atoms with van der Waals surface area (Å²) in [5.74, 6) is 0.867. The fraction of sp³-hybridized carbons (Fsp3) is 0.545. The van der Waals surface area contributed by atoms with Gasteiger partial charge in [0.05, 0.1) is 16.4 Å². The van der Waals surface area contributed by atoms with Crippen molar-refractivity contribution < 1.29 is 15.0 Å². The van der Waals surface area contributed by atoms with Gasteiger partial charge in [-0.2, -0.15) is 5.10 Å². The second-order valence-electron chi connectivity index (χ2n) is 18.8. The van der Waals surface area contributed by atoms with E-state index in [2.05, 4.69) is 79.9 Å². The van der Waals surface area contributed by atoms with E-state index in [1.54, 1.807) is 11.3 Å².